The fraction of sp³-hybridized carbons (Fsp3) is 0.500. The summed E-state index contributed by atoms with van der Waals surface area (Å²) in [7, 11) is -3.05. The van der Waals surface area contributed by atoms with Crippen molar-refractivity contribution in [3.8, 4) is 0 Å². The SMILES string of the molecule is CS(=O)(=O)C1CCCC(Sc2ccc(F)c(C(=O)O)c2)C1. The average Bonchev–Trinajstić information content (AvgIpc) is 2.40. The summed E-state index contributed by atoms with van der Waals surface area (Å²) in [4.78, 5) is 11.6. The van der Waals surface area contributed by atoms with Crippen LogP contribution in [-0.2, 0) is 9.84 Å². The molecular weight excluding hydrogens is 315 g/mol. The number of halogens is 1. The molecule has 1 aliphatic carbocycles. The zero-order chi connectivity index (χ0) is 15.6. The van der Waals surface area contributed by atoms with E-state index in [4.69, 9.17) is 5.11 Å². The Hall–Kier alpha value is -1.08. The van der Waals surface area contributed by atoms with Crippen LogP contribution in [0.15, 0.2) is 23.1 Å². The number of hydrogen-bond donors (Lipinski definition) is 1. The molecule has 7 heteroatoms. The average molecular weight is 332 g/mol. The van der Waals surface area contributed by atoms with Gasteiger partial charge in [0.2, 0.25) is 0 Å². The summed E-state index contributed by atoms with van der Waals surface area (Å²) in [6.45, 7) is 0. The Morgan fingerprint density at radius 1 is 1.38 bits per heavy atom. The molecule has 2 unspecified atom stereocenters. The van der Waals surface area contributed by atoms with Crippen LogP contribution in [0.1, 0.15) is 36.0 Å². The summed E-state index contributed by atoms with van der Waals surface area (Å²) in [5.41, 5.74) is -0.351. The highest BCUT2D eigenvalue weighted by Crippen LogP contribution is 2.36. The van der Waals surface area contributed by atoms with Crippen molar-refractivity contribution < 1.29 is 22.7 Å². The molecule has 1 fully saturated rings. The minimum atomic E-state index is -3.05. The molecule has 0 saturated heterocycles. The summed E-state index contributed by atoms with van der Waals surface area (Å²) in [6.07, 6.45) is 4.22. The molecule has 0 radical (unpaired) electrons. The molecule has 21 heavy (non-hydrogen) atoms. The van der Waals surface area contributed by atoms with Crippen molar-refractivity contribution in [3.63, 3.8) is 0 Å². The Morgan fingerprint density at radius 2 is 2.10 bits per heavy atom. The minimum Gasteiger partial charge on any atom is -0.478 e. The van der Waals surface area contributed by atoms with Crippen LogP contribution in [0, 0.1) is 5.82 Å². The molecule has 0 aliphatic heterocycles. The Balaban J connectivity index is 2.11. The number of benzene rings is 1. The van der Waals surface area contributed by atoms with Gasteiger partial charge in [-0.1, -0.05) is 6.42 Å². The second-order valence-electron chi connectivity index (χ2n) is 5.30. The monoisotopic (exact) mass is 332 g/mol. The van der Waals surface area contributed by atoms with E-state index in [2.05, 4.69) is 0 Å². The molecule has 4 nitrogen and oxygen atoms in total. The Bertz CT molecular complexity index is 642. The lowest BCUT2D eigenvalue weighted by Gasteiger charge is -2.27. The lowest BCUT2D eigenvalue weighted by molar-refractivity contribution is 0.0691. The third kappa shape index (κ3) is 4.20. The first kappa shape index (κ1) is 16.3. The summed E-state index contributed by atoms with van der Waals surface area (Å²) < 4.78 is 36.6. The highest BCUT2D eigenvalue weighted by atomic mass is 32.2. The van der Waals surface area contributed by atoms with Gasteiger partial charge >= 0.3 is 5.97 Å². The number of carbonyl (C=O) groups is 1. The van der Waals surface area contributed by atoms with Gasteiger partial charge in [-0.15, -0.1) is 11.8 Å². The summed E-state index contributed by atoms with van der Waals surface area (Å²) in [5.74, 6) is -2.06. The standard InChI is InChI=1S/C14H17FO4S2/c1-21(18,19)11-4-2-3-9(7-11)20-10-5-6-13(15)12(8-10)14(16)17/h5-6,8-9,11H,2-4,7H2,1H3,(H,16,17). The van der Waals surface area contributed by atoms with Gasteiger partial charge in [-0.3, -0.25) is 0 Å². The highest BCUT2D eigenvalue weighted by Gasteiger charge is 2.29. The predicted molar refractivity (Wildman–Crippen MR) is 80.1 cm³/mol. The molecule has 116 valence electrons. The number of hydrogen-bond acceptors (Lipinski definition) is 4. The molecule has 0 heterocycles. The number of thioether (sulfide) groups is 1. The van der Waals surface area contributed by atoms with Crippen molar-refractivity contribution in [2.75, 3.05) is 6.26 Å². The van der Waals surface area contributed by atoms with Gasteiger partial charge in [-0.05, 0) is 37.5 Å². The zero-order valence-electron chi connectivity index (χ0n) is 11.6. The first-order valence-electron chi connectivity index (χ1n) is 6.65. The maximum atomic E-state index is 13.3. The van der Waals surface area contributed by atoms with Gasteiger partial charge in [0, 0.05) is 16.4 Å². The number of rotatable bonds is 4. The molecule has 1 aromatic rings. The fourth-order valence-electron chi connectivity index (χ4n) is 2.53. The number of sulfone groups is 1. The number of carboxylic acid groups (broad SMARTS) is 1. The molecule has 1 N–H and O–H groups in total. The Labute approximate surface area is 127 Å². The highest BCUT2D eigenvalue weighted by molar-refractivity contribution is 8.00. The van der Waals surface area contributed by atoms with Crippen LogP contribution in [0.3, 0.4) is 0 Å². The maximum absolute atomic E-state index is 13.3. The van der Waals surface area contributed by atoms with Gasteiger partial charge in [0.25, 0.3) is 0 Å². The smallest absolute Gasteiger partial charge is 0.338 e. The molecule has 1 saturated carbocycles. The maximum Gasteiger partial charge on any atom is 0.338 e. The van der Waals surface area contributed by atoms with Crippen molar-refractivity contribution in [3.05, 3.63) is 29.6 Å². The minimum absolute atomic E-state index is 0.116. The Morgan fingerprint density at radius 3 is 2.71 bits per heavy atom. The lowest BCUT2D eigenvalue weighted by Crippen LogP contribution is -2.28. The molecule has 2 rings (SSSR count). The molecule has 0 spiro atoms. The third-order valence-corrected chi connectivity index (χ3v) is 6.58. The van der Waals surface area contributed by atoms with Gasteiger partial charge in [0.15, 0.2) is 0 Å². The van der Waals surface area contributed by atoms with Crippen molar-refractivity contribution >= 4 is 27.6 Å². The largest absolute Gasteiger partial charge is 0.478 e. The van der Waals surface area contributed by atoms with E-state index in [9.17, 15) is 17.6 Å². The van der Waals surface area contributed by atoms with E-state index in [-0.39, 0.29) is 16.1 Å². The first-order valence-corrected chi connectivity index (χ1v) is 9.49. The van der Waals surface area contributed by atoms with Crippen molar-refractivity contribution in [2.45, 2.75) is 41.1 Å². The molecule has 0 aromatic heterocycles. The van der Waals surface area contributed by atoms with E-state index in [1.807, 2.05) is 0 Å². The zero-order valence-corrected chi connectivity index (χ0v) is 13.2. The van der Waals surface area contributed by atoms with Crippen molar-refractivity contribution in [1.29, 1.82) is 0 Å². The van der Waals surface area contributed by atoms with Crippen molar-refractivity contribution in [2.24, 2.45) is 0 Å². The number of carboxylic acids is 1. The fourth-order valence-corrected chi connectivity index (χ4v) is 5.16. The van der Waals surface area contributed by atoms with Gasteiger partial charge in [-0.25, -0.2) is 17.6 Å². The van der Waals surface area contributed by atoms with Gasteiger partial charge < -0.3 is 5.11 Å². The topological polar surface area (TPSA) is 71.4 Å². The van der Waals surface area contributed by atoms with Crippen LogP contribution in [0.4, 0.5) is 4.39 Å². The molecule has 1 aromatic carbocycles. The van der Waals surface area contributed by atoms with E-state index in [1.165, 1.54) is 30.2 Å². The van der Waals surface area contributed by atoms with Crippen LogP contribution in [0.2, 0.25) is 0 Å². The van der Waals surface area contributed by atoms with Crippen LogP contribution < -0.4 is 0 Å². The molecule has 1 aliphatic rings. The van der Waals surface area contributed by atoms with Gasteiger partial charge in [-0.2, -0.15) is 0 Å². The van der Waals surface area contributed by atoms with E-state index < -0.39 is 21.6 Å². The van der Waals surface area contributed by atoms with Crippen LogP contribution in [0.5, 0.6) is 0 Å². The normalized spacial score (nSPS) is 23.0. The second-order valence-corrected chi connectivity index (χ2v) is 9.00. The third-order valence-electron chi connectivity index (χ3n) is 3.65. The van der Waals surface area contributed by atoms with E-state index in [0.29, 0.717) is 17.7 Å². The quantitative estimate of drug-likeness (QED) is 0.918. The molecule has 2 atom stereocenters. The summed E-state index contributed by atoms with van der Waals surface area (Å²) >= 11 is 1.43. The van der Waals surface area contributed by atoms with Crippen LogP contribution in [0.25, 0.3) is 0 Å². The number of aromatic carboxylic acids is 1. The molecular formula is C14H17FO4S2. The lowest BCUT2D eigenvalue weighted by atomic mass is 10.00. The van der Waals surface area contributed by atoms with Gasteiger partial charge in [0.05, 0.1) is 10.8 Å². The van der Waals surface area contributed by atoms with E-state index in [0.717, 1.165) is 18.9 Å². The van der Waals surface area contributed by atoms with E-state index >= 15 is 0 Å². The van der Waals surface area contributed by atoms with E-state index in [1.54, 1.807) is 0 Å². The second kappa shape index (κ2) is 6.36. The van der Waals surface area contributed by atoms with Crippen LogP contribution >= 0.6 is 11.8 Å². The van der Waals surface area contributed by atoms with Crippen molar-refractivity contribution in [1.82, 2.24) is 0 Å². The van der Waals surface area contributed by atoms with Gasteiger partial charge in [0.1, 0.15) is 15.7 Å². The molecule has 0 amide bonds. The summed E-state index contributed by atoms with van der Waals surface area (Å²) in [5, 5.41) is 8.70. The summed E-state index contributed by atoms with van der Waals surface area (Å²) in [6, 6.07) is 3.99. The predicted octanol–water partition coefficient (Wildman–Crippen LogP) is 2.97. The Kier molecular flexibility index (Phi) is 4.93. The first-order chi connectivity index (χ1) is 9.77. The van der Waals surface area contributed by atoms with Crippen LogP contribution in [-0.4, -0.2) is 36.2 Å². The molecule has 0 bridgehead atoms.